The molecule has 0 aliphatic carbocycles. The largest absolute Gasteiger partial charge is 0.311 e. The van der Waals surface area contributed by atoms with Crippen LogP contribution in [0, 0.1) is 20.8 Å². The smallest absolute Gasteiger partial charge is 0.225 e. The SMILES string of the molecule is Cc1cc(C)c2nc(-n3nc(C)cc3NC(=O)CCCSc3ccccc3)sc2c1. The number of amides is 1. The first kappa shape index (κ1) is 20.6. The number of nitrogens with zero attached hydrogens (tertiary/aromatic N) is 3. The maximum atomic E-state index is 12.5. The molecule has 0 spiro atoms. The molecule has 4 aromatic rings. The normalized spacial score (nSPS) is 11.2. The molecule has 2 heterocycles. The zero-order valence-corrected chi connectivity index (χ0v) is 18.9. The van der Waals surface area contributed by atoms with Crippen LogP contribution in [0.4, 0.5) is 5.82 Å². The van der Waals surface area contributed by atoms with Crippen molar-refractivity contribution >= 4 is 45.0 Å². The lowest BCUT2D eigenvalue weighted by molar-refractivity contribution is -0.116. The molecule has 1 amide bonds. The summed E-state index contributed by atoms with van der Waals surface area (Å²) in [7, 11) is 0. The Balaban J connectivity index is 1.43. The Labute approximate surface area is 184 Å². The van der Waals surface area contributed by atoms with Crippen LogP contribution in [0.3, 0.4) is 0 Å². The Bertz CT molecular complexity index is 1180. The number of rotatable bonds is 7. The fourth-order valence-corrected chi connectivity index (χ4v) is 5.31. The van der Waals surface area contributed by atoms with Crippen molar-refractivity contribution in [1.82, 2.24) is 14.8 Å². The number of hydrogen-bond acceptors (Lipinski definition) is 5. The average Bonchev–Trinajstić information content (AvgIpc) is 3.29. The Hall–Kier alpha value is -2.64. The van der Waals surface area contributed by atoms with Gasteiger partial charge < -0.3 is 5.32 Å². The first-order chi connectivity index (χ1) is 14.5. The minimum atomic E-state index is -0.00190. The van der Waals surface area contributed by atoms with E-state index in [1.165, 1.54) is 10.5 Å². The fraction of sp³-hybridized carbons (Fsp3) is 0.261. The lowest BCUT2D eigenvalue weighted by Crippen LogP contribution is -2.14. The van der Waals surface area contributed by atoms with E-state index >= 15 is 0 Å². The Kier molecular flexibility index (Phi) is 6.20. The number of hydrogen-bond donors (Lipinski definition) is 1. The summed E-state index contributed by atoms with van der Waals surface area (Å²) >= 11 is 3.36. The molecular formula is C23H24N4OS2. The number of benzene rings is 2. The molecule has 0 bridgehead atoms. The van der Waals surface area contributed by atoms with Crippen molar-refractivity contribution in [1.29, 1.82) is 0 Å². The second kappa shape index (κ2) is 9.02. The van der Waals surface area contributed by atoms with Crippen LogP contribution in [-0.4, -0.2) is 26.4 Å². The molecule has 0 saturated carbocycles. The Morgan fingerprint density at radius 3 is 2.73 bits per heavy atom. The van der Waals surface area contributed by atoms with E-state index < -0.39 is 0 Å². The molecule has 0 atom stereocenters. The fourth-order valence-electron chi connectivity index (χ4n) is 3.33. The minimum absolute atomic E-state index is 0.00190. The third-order valence-electron chi connectivity index (χ3n) is 4.66. The number of aryl methyl sites for hydroxylation is 3. The predicted molar refractivity (Wildman–Crippen MR) is 126 cm³/mol. The van der Waals surface area contributed by atoms with E-state index in [9.17, 15) is 4.79 Å². The van der Waals surface area contributed by atoms with E-state index in [1.54, 1.807) is 27.8 Å². The summed E-state index contributed by atoms with van der Waals surface area (Å²) < 4.78 is 2.87. The quantitative estimate of drug-likeness (QED) is 0.289. The van der Waals surface area contributed by atoms with Gasteiger partial charge in [0.1, 0.15) is 5.82 Å². The number of nitrogens with one attached hydrogen (secondary N) is 1. The van der Waals surface area contributed by atoms with E-state index in [0.29, 0.717) is 12.2 Å². The number of thiazole rings is 1. The molecule has 154 valence electrons. The van der Waals surface area contributed by atoms with Crippen LogP contribution in [0.2, 0.25) is 0 Å². The monoisotopic (exact) mass is 436 g/mol. The topological polar surface area (TPSA) is 59.8 Å². The Morgan fingerprint density at radius 2 is 1.93 bits per heavy atom. The van der Waals surface area contributed by atoms with Crippen LogP contribution >= 0.6 is 23.1 Å². The number of anilines is 1. The number of carbonyl (C=O) groups is 1. The molecule has 2 aromatic carbocycles. The first-order valence-electron chi connectivity index (χ1n) is 9.92. The van der Waals surface area contributed by atoms with Gasteiger partial charge in [-0.2, -0.15) is 9.78 Å². The van der Waals surface area contributed by atoms with Crippen LogP contribution in [0.15, 0.2) is 53.4 Å². The molecule has 0 aliphatic heterocycles. The molecule has 2 aromatic heterocycles. The van der Waals surface area contributed by atoms with Gasteiger partial charge in [0.25, 0.3) is 0 Å². The van der Waals surface area contributed by atoms with E-state index in [0.717, 1.165) is 38.8 Å². The highest BCUT2D eigenvalue weighted by Crippen LogP contribution is 2.30. The summed E-state index contributed by atoms with van der Waals surface area (Å²) in [6.07, 6.45) is 1.29. The summed E-state index contributed by atoms with van der Waals surface area (Å²) in [5.41, 5.74) is 4.20. The van der Waals surface area contributed by atoms with Gasteiger partial charge in [-0.25, -0.2) is 4.98 Å². The van der Waals surface area contributed by atoms with Gasteiger partial charge >= 0.3 is 0 Å². The van der Waals surface area contributed by atoms with E-state index in [-0.39, 0.29) is 5.91 Å². The molecule has 0 unspecified atom stereocenters. The van der Waals surface area contributed by atoms with Crippen LogP contribution in [-0.2, 0) is 4.79 Å². The number of thioether (sulfide) groups is 1. The number of aromatic nitrogens is 3. The van der Waals surface area contributed by atoms with Crippen molar-refractivity contribution in [2.24, 2.45) is 0 Å². The van der Waals surface area contributed by atoms with Crippen molar-refractivity contribution < 1.29 is 4.79 Å². The van der Waals surface area contributed by atoms with E-state index in [4.69, 9.17) is 4.98 Å². The van der Waals surface area contributed by atoms with Gasteiger partial charge in [-0.3, -0.25) is 4.79 Å². The minimum Gasteiger partial charge on any atom is -0.311 e. The lowest BCUT2D eigenvalue weighted by atomic mass is 10.1. The molecule has 1 N–H and O–H groups in total. The standard InChI is InChI=1S/C23H24N4OS2/c1-15-12-16(2)22-19(13-15)30-23(25-22)27-20(14-17(3)26-27)24-21(28)10-7-11-29-18-8-5-4-6-9-18/h4-6,8-9,12-14H,7,10-11H2,1-3H3,(H,24,28). The van der Waals surface area contributed by atoms with Gasteiger partial charge in [-0.05, 0) is 62.3 Å². The van der Waals surface area contributed by atoms with Crippen molar-refractivity contribution in [3.8, 4) is 5.13 Å². The summed E-state index contributed by atoms with van der Waals surface area (Å²) in [5, 5.41) is 8.35. The van der Waals surface area contributed by atoms with Gasteiger partial charge in [-0.1, -0.05) is 35.6 Å². The molecule has 0 fully saturated rings. The third kappa shape index (κ3) is 4.74. The summed E-state index contributed by atoms with van der Waals surface area (Å²) in [6.45, 7) is 6.08. The number of carbonyl (C=O) groups excluding carboxylic acids is 1. The molecule has 7 heteroatoms. The van der Waals surface area contributed by atoms with Crippen LogP contribution in [0.1, 0.15) is 29.7 Å². The van der Waals surface area contributed by atoms with Gasteiger partial charge in [0.15, 0.2) is 0 Å². The number of fused-ring (bicyclic) bond motifs is 1. The third-order valence-corrected chi connectivity index (χ3v) is 6.74. The van der Waals surface area contributed by atoms with Gasteiger partial charge in [0, 0.05) is 17.4 Å². The van der Waals surface area contributed by atoms with Crippen LogP contribution in [0.25, 0.3) is 15.3 Å². The highest BCUT2D eigenvalue weighted by Gasteiger charge is 2.15. The van der Waals surface area contributed by atoms with E-state index in [1.807, 2.05) is 31.2 Å². The first-order valence-corrected chi connectivity index (χ1v) is 11.7. The van der Waals surface area contributed by atoms with Crippen molar-refractivity contribution in [2.45, 2.75) is 38.5 Å². The van der Waals surface area contributed by atoms with Gasteiger partial charge in [0.05, 0.1) is 15.9 Å². The Morgan fingerprint density at radius 1 is 1.13 bits per heavy atom. The predicted octanol–water partition coefficient (Wildman–Crippen LogP) is 5.92. The second-order valence-corrected chi connectivity index (χ2v) is 9.50. The summed E-state index contributed by atoms with van der Waals surface area (Å²) in [5.74, 6) is 1.58. The van der Waals surface area contributed by atoms with Crippen molar-refractivity contribution in [3.05, 3.63) is 65.4 Å². The van der Waals surface area contributed by atoms with Gasteiger partial charge in [0.2, 0.25) is 11.0 Å². The average molecular weight is 437 g/mol. The van der Waals surface area contributed by atoms with Gasteiger partial charge in [-0.15, -0.1) is 11.8 Å². The summed E-state index contributed by atoms with van der Waals surface area (Å²) in [6, 6.07) is 16.4. The molecule has 5 nitrogen and oxygen atoms in total. The molecular weight excluding hydrogens is 412 g/mol. The zero-order valence-electron chi connectivity index (χ0n) is 17.3. The maximum absolute atomic E-state index is 12.5. The van der Waals surface area contributed by atoms with Crippen molar-refractivity contribution in [3.63, 3.8) is 0 Å². The highest BCUT2D eigenvalue weighted by molar-refractivity contribution is 7.99. The lowest BCUT2D eigenvalue weighted by Gasteiger charge is -2.06. The highest BCUT2D eigenvalue weighted by atomic mass is 32.2. The molecule has 0 aliphatic rings. The van der Waals surface area contributed by atoms with Crippen LogP contribution < -0.4 is 5.32 Å². The van der Waals surface area contributed by atoms with E-state index in [2.05, 4.69) is 48.5 Å². The molecule has 4 rings (SSSR count). The summed E-state index contributed by atoms with van der Waals surface area (Å²) in [4.78, 5) is 18.5. The maximum Gasteiger partial charge on any atom is 0.225 e. The molecule has 30 heavy (non-hydrogen) atoms. The molecule has 0 radical (unpaired) electrons. The van der Waals surface area contributed by atoms with Crippen LogP contribution in [0.5, 0.6) is 0 Å². The second-order valence-electron chi connectivity index (χ2n) is 7.32. The molecule has 0 saturated heterocycles. The zero-order chi connectivity index (χ0) is 21.1. The van der Waals surface area contributed by atoms with Crippen molar-refractivity contribution in [2.75, 3.05) is 11.1 Å².